The number of aryl methyl sites for hydroxylation is 1. The molecule has 0 fully saturated rings. The molecule has 0 radical (unpaired) electrons. The summed E-state index contributed by atoms with van der Waals surface area (Å²) in [5.41, 5.74) is 11.1. The van der Waals surface area contributed by atoms with Crippen molar-refractivity contribution in [2.45, 2.75) is 13.5 Å². The number of nitrogens with two attached hydrogens (primary N) is 1. The molecule has 3 aromatic rings. The maximum atomic E-state index is 12.1. The number of methoxy groups -OCH3 is 1. The van der Waals surface area contributed by atoms with Crippen LogP contribution in [0.25, 0.3) is 11.1 Å². The van der Waals surface area contributed by atoms with Crippen molar-refractivity contribution in [1.29, 1.82) is 0 Å². The summed E-state index contributed by atoms with van der Waals surface area (Å²) in [5, 5.41) is 3.23. The summed E-state index contributed by atoms with van der Waals surface area (Å²) in [7, 11) is 1.40. The van der Waals surface area contributed by atoms with Crippen LogP contribution >= 0.6 is 0 Å². The summed E-state index contributed by atoms with van der Waals surface area (Å²) in [5.74, 6) is 0.337. The molecule has 0 bridgehead atoms. The minimum atomic E-state index is -0.333. The van der Waals surface area contributed by atoms with Gasteiger partial charge >= 0.3 is 5.97 Å². The lowest BCUT2D eigenvalue weighted by Gasteiger charge is -2.13. The van der Waals surface area contributed by atoms with Gasteiger partial charge in [-0.15, -0.1) is 0 Å². The molecule has 0 amide bonds. The van der Waals surface area contributed by atoms with E-state index in [0.717, 1.165) is 22.3 Å². The van der Waals surface area contributed by atoms with Crippen LogP contribution in [0.5, 0.6) is 0 Å². The van der Waals surface area contributed by atoms with Gasteiger partial charge in [0.25, 0.3) is 0 Å². The van der Waals surface area contributed by atoms with Gasteiger partial charge in [0.1, 0.15) is 5.82 Å². The fourth-order valence-electron chi connectivity index (χ4n) is 2.87. The highest BCUT2D eigenvalue weighted by Crippen LogP contribution is 2.28. The van der Waals surface area contributed by atoms with Crippen LogP contribution in [0.15, 0.2) is 60.8 Å². The number of esters is 1. The molecule has 0 aliphatic heterocycles. The quantitative estimate of drug-likeness (QED) is 0.681. The summed E-state index contributed by atoms with van der Waals surface area (Å²) >= 11 is 0. The average Bonchev–Trinajstić information content (AvgIpc) is 2.67. The van der Waals surface area contributed by atoms with Crippen molar-refractivity contribution in [3.05, 3.63) is 77.5 Å². The van der Waals surface area contributed by atoms with Crippen LogP contribution in [0, 0.1) is 6.92 Å². The Morgan fingerprint density at radius 1 is 1.12 bits per heavy atom. The van der Waals surface area contributed by atoms with Crippen LogP contribution in [-0.2, 0) is 11.3 Å². The highest BCUT2D eigenvalue weighted by atomic mass is 16.5. The second-order valence-electron chi connectivity index (χ2n) is 5.98. The fraction of sp³-hybridized carbons (Fsp3) is 0.143. The molecule has 5 heteroatoms. The van der Waals surface area contributed by atoms with Gasteiger partial charge in [-0.2, -0.15) is 0 Å². The van der Waals surface area contributed by atoms with Crippen molar-refractivity contribution < 1.29 is 9.53 Å². The second-order valence-corrected chi connectivity index (χ2v) is 5.98. The first-order valence-electron chi connectivity index (χ1n) is 8.31. The number of carbonyl (C=O) groups excluding carboxylic acids is 1. The minimum Gasteiger partial charge on any atom is -0.465 e. The Morgan fingerprint density at radius 2 is 1.88 bits per heavy atom. The summed E-state index contributed by atoms with van der Waals surface area (Å²) in [6.45, 7) is 2.60. The maximum absolute atomic E-state index is 12.1. The zero-order valence-electron chi connectivity index (χ0n) is 14.8. The van der Waals surface area contributed by atoms with Gasteiger partial charge in [-0.1, -0.05) is 36.4 Å². The minimum absolute atomic E-state index is 0.333. The average molecular weight is 347 g/mol. The zero-order valence-corrected chi connectivity index (χ0v) is 14.8. The molecule has 3 N–H and O–H groups in total. The molecule has 132 valence electrons. The number of rotatable bonds is 5. The van der Waals surface area contributed by atoms with Gasteiger partial charge in [-0.25, -0.2) is 9.78 Å². The molecule has 0 saturated heterocycles. The van der Waals surface area contributed by atoms with E-state index >= 15 is 0 Å². The summed E-state index contributed by atoms with van der Waals surface area (Å²) in [4.78, 5) is 16.3. The molecule has 0 aliphatic rings. The molecule has 0 saturated carbocycles. The number of aromatic nitrogens is 1. The monoisotopic (exact) mass is 347 g/mol. The van der Waals surface area contributed by atoms with Crippen LogP contribution in [-0.4, -0.2) is 18.1 Å². The van der Waals surface area contributed by atoms with Crippen LogP contribution in [0.1, 0.15) is 21.5 Å². The smallest absolute Gasteiger partial charge is 0.338 e. The molecule has 0 spiro atoms. The normalized spacial score (nSPS) is 10.4. The van der Waals surface area contributed by atoms with Gasteiger partial charge in [0.05, 0.1) is 18.4 Å². The number of ether oxygens (including phenoxy) is 1. The molecule has 2 aromatic carbocycles. The number of nitrogens with one attached hydrogen (secondary N) is 1. The van der Waals surface area contributed by atoms with Crippen LogP contribution in [0.3, 0.4) is 0 Å². The van der Waals surface area contributed by atoms with Gasteiger partial charge in [0.15, 0.2) is 0 Å². The Balaban J connectivity index is 1.82. The third-order valence-electron chi connectivity index (χ3n) is 4.22. The molecule has 26 heavy (non-hydrogen) atoms. The van der Waals surface area contributed by atoms with Crippen LogP contribution in [0.4, 0.5) is 11.5 Å². The van der Waals surface area contributed by atoms with E-state index in [1.165, 1.54) is 7.11 Å². The third kappa shape index (κ3) is 3.67. The first-order chi connectivity index (χ1) is 12.6. The number of hydrogen-bond donors (Lipinski definition) is 2. The maximum Gasteiger partial charge on any atom is 0.338 e. The Kier molecular flexibility index (Phi) is 5.17. The Bertz CT molecular complexity index is 921. The number of nitrogen functional groups attached to an aromatic ring is 1. The lowest BCUT2D eigenvalue weighted by molar-refractivity contribution is 0.0601. The van der Waals surface area contributed by atoms with Gasteiger partial charge in [-0.05, 0) is 47.4 Å². The highest BCUT2D eigenvalue weighted by molar-refractivity contribution is 5.98. The van der Waals surface area contributed by atoms with Gasteiger partial charge in [-0.3, -0.25) is 0 Å². The first-order valence-corrected chi connectivity index (χ1v) is 8.31. The zero-order chi connectivity index (χ0) is 18.5. The van der Waals surface area contributed by atoms with E-state index in [1.807, 2.05) is 49.4 Å². The summed E-state index contributed by atoms with van der Waals surface area (Å²) in [6.07, 6.45) is 1.70. The van der Waals surface area contributed by atoms with Crippen molar-refractivity contribution >= 4 is 17.5 Å². The SMILES string of the molecule is COC(=O)c1cccc(C)c1-c1ccc(CNc2ncccc2N)cc1. The van der Waals surface area contributed by atoms with E-state index in [0.29, 0.717) is 23.6 Å². The summed E-state index contributed by atoms with van der Waals surface area (Å²) in [6, 6.07) is 17.3. The molecule has 1 heterocycles. The van der Waals surface area contributed by atoms with Crippen molar-refractivity contribution in [3.63, 3.8) is 0 Å². The van der Waals surface area contributed by atoms with E-state index in [-0.39, 0.29) is 5.97 Å². The lowest BCUT2D eigenvalue weighted by Crippen LogP contribution is -2.05. The third-order valence-corrected chi connectivity index (χ3v) is 4.22. The number of pyridine rings is 1. The number of carbonyl (C=O) groups is 1. The standard InChI is InChI=1S/C21H21N3O2/c1-14-5-3-6-17(21(25)26-2)19(14)16-10-8-15(9-11-16)13-24-20-18(22)7-4-12-23-20/h3-12H,13,22H2,1-2H3,(H,23,24). The van der Waals surface area contributed by atoms with Crippen LogP contribution in [0.2, 0.25) is 0 Å². The molecule has 5 nitrogen and oxygen atoms in total. The van der Waals surface area contributed by atoms with E-state index in [2.05, 4.69) is 10.3 Å². The fourth-order valence-corrected chi connectivity index (χ4v) is 2.87. The summed E-state index contributed by atoms with van der Waals surface area (Å²) < 4.78 is 4.91. The number of benzene rings is 2. The first kappa shape index (κ1) is 17.5. The van der Waals surface area contributed by atoms with Crippen molar-refractivity contribution in [2.24, 2.45) is 0 Å². The van der Waals surface area contributed by atoms with Crippen LogP contribution < -0.4 is 11.1 Å². The van der Waals surface area contributed by atoms with E-state index < -0.39 is 0 Å². The molecule has 1 aromatic heterocycles. The predicted molar refractivity (Wildman–Crippen MR) is 104 cm³/mol. The molecule has 0 aliphatic carbocycles. The molecular weight excluding hydrogens is 326 g/mol. The predicted octanol–water partition coefficient (Wildman–Crippen LogP) is 4.04. The van der Waals surface area contributed by atoms with Gasteiger partial charge in [0.2, 0.25) is 0 Å². The van der Waals surface area contributed by atoms with E-state index in [4.69, 9.17) is 10.5 Å². The largest absolute Gasteiger partial charge is 0.465 e. The highest BCUT2D eigenvalue weighted by Gasteiger charge is 2.15. The molecule has 0 unspecified atom stereocenters. The van der Waals surface area contributed by atoms with E-state index in [1.54, 1.807) is 18.3 Å². The van der Waals surface area contributed by atoms with Crippen molar-refractivity contribution in [3.8, 4) is 11.1 Å². The number of anilines is 2. The van der Waals surface area contributed by atoms with E-state index in [9.17, 15) is 4.79 Å². The molecule has 0 atom stereocenters. The second kappa shape index (κ2) is 7.70. The number of hydrogen-bond acceptors (Lipinski definition) is 5. The topological polar surface area (TPSA) is 77.2 Å². The molecule has 3 rings (SSSR count). The van der Waals surface area contributed by atoms with Gasteiger partial charge in [0, 0.05) is 12.7 Å². The Labute approximate surface area is 152 Å². The lowest BCUT2D eigenvalue weighted by atomic mass is 9.94. The van der Waals surface area contributed by atoms with Crippen molar-refractivity contribution in [1.82, 2.24) is 4.98 Å². The Morgan fingerprint density at radius 3 is 2.58 bits per heavy atom. The Hall–Kier alpha value is -3.34. The number of nitrogens with zero attached hydrogens (tertiary/aromatic N) is 1. The van der Waals surface area contributed by atoms with Gasteiger partial charge < -0.3 is 15.8 Å². The van der Waals surface area contributed by atoms with Crippen molar-refractivity contribution in [2.75, 3.05) is 18.2 Å². The molecular formula is C21H21N3O2.